The molecule has 0 radical (unpaired) electrons. The number of carbonyl (C=O) groups is 1. The van der Waals surface area contributed by atoms with E-state index in [9.17, 15) is 4.79 Å². The van der Waals surface area contributed by atoms with E-state index in [1.807, 2.05) is 44.2 Å². The van der Waals surface area contributed by atoms with Gasteiger partial charge < -0.3 is 9.72 Å². The van der Waals surface area contributed by atoms with Gasteiger partial charge in [-0.25, -0.2) is 15.0 Å². The first kappa shape index (κ1) is 20.8. The van der Waals surface area contributed by atoms with Crippen LogP contribution in [-0.2, 0) is 9.53 Å². The van der Waals surface area contributed by atoms with Gasteiger partial charge in [0.05, 0.1) is 11.6 Å². The lowest BCUT2D eigenvalue weighted by Gasteiger charge is -2.21. The van der Waals surface area contributed by atoms with Gasteiger partial charge in [0.15, 0.2) is 5.65 Å². The Labute approximate surface area is 184 Å². The molecule has 2 heterocycles. The van der Waals surface area contributed by atoms with Crippen molar-refractivity contribution in [2.45, 2.75) is 31.0 Å². The number of ether oxygens (including phenoxy) is 1. The van der Waals surface area contributed by atoms with E-state index in [1.54, 1.807) is 6.33 Å². The molecule has 6 nitrogen and oxygen atoms in total. The molecule has 0 fully saturated rings. The molecule has 1 N–H and O–H groups in total. The topological polar surface area (TPSA) is 80.8 Å². The third-order valence-electron chi connectivity index (χ3n) is 4.99. The first-order valence-corrected chi connectivity index (χ1v) is 10.7. The Bertz CT molecular complexity index is 1270. The lowest BCUT2D eigenvalue weighted by Crippen LogP contribution is -2.10. The van der Waals surface area contributed by atoms with Gasteiger partial charge in [0.1, 0.15) is 22.6 Å². The summed E-state index contributed by atoms with van der Waals surface area (Å²) >= 11 is 1.49. The van der Waals surface area contributed by atoms with E-state index in [0.717, 1.165) is 38.4 Å². The molecule has 0 amide bonds. The molecule has 2 aromatic heterocycles. The van der Waals surface area contributed by atoms with Crippen molar-refractivity contribution in [3.8, 4) is 0 Å². The van der Waals surface area contributed by atoms with Gasteiger partial charge in [0.25, 0.3) is 6.47 Å². The number of thioether (sulfide) groups is 1. The van der Waals surface area contributed by atoms with Crippen LogP contribution in [0.3, 0.4) is 0 Å². The zero-order valence-electron chi connectivity index (χ0n) is 17.5. The highest BCUT2D eigenvalue weighted by atomic mass is 32.2. The highest BCUT2D eigenvalue weighted by molar-refractivity contribution is 8.00. The zero-order chi connectivity index (χ0) is 21.8. The molecular formula is C24H22N4O2S. The minimum atomic E-state index is -0.207. The number of nitrogens with one attached hydrogen (secondary N) is 1. The molecule has 7 heteroatoms. The summed E-state index contributed by atoms with van der Waals surface area (Å²) in [5.41, 5.74) is 6.50. The van der Waals surface area contributed by atoms with Gasteiger partial charge in [-0.1, -0.05) is 65.9 Å². The van der Waals surface area contributed by atoms with E-state index in [0.29, 0.717) is 17.9 Å². The van der Waals surface area contributed by atoms with Crippen molar-refractivity contribution < 1.29 is 9.53 Å². The lowest BCUT2D eigenvalue weighted by molar-refractivity contribution is -0.125. The maximum absolute atomic E-state index is 11.6. The Hall–Kier alpha value is -3.45. The van der Waals surface area contributed by atoms with Gasteiger partial charge in [-0.3, -0.25) is 4.79 Å². The molecule has 0 aliphatic heterocycles. The Kier molecular flexibility index (Phi) is 6.13. The molecule has 0 aliphatic rings. The number of fused-ring (bicyclic) bond motifs is 1. The van der Waals surface area contributed by atoms with Crippen molar-refractivity contribution in [3.05, 3.63) is 89.2 Å². The summed E-state index contributed by atoms with van der Waals surface area (Å²) in [6, 6.07) is 16.3. The van der Waals surface area contributed by atoms with Gasteiger partial charge in [-0.2, -0.15) is 0 Å². The summed E-state index contributed by atoms with van der Waals surface area (Å²) in [4.78, 5) is 27.4. The maximum Gasteiger partial charge on any atom is 0.298 e. The molecule has 4 aromatic rings. The summed E-state index contributed by atoms with van der Waals surface area (Å²) in [6.45, 7) is 6.60. The molecule has 4 rings (SSSR count). The normalized spacial score (nSPS) is 13.0. The Balaban J connectivity index is 1.88. The van der Waals surface area contributed by atoms with Crippen LogP contribution in [0.2, 0.25) is 0 Å². The summed E-state index contributed by atoms with van der Waals surface area (Å²) in [5.74, 6) is 0.575. The van der Waals surface area contributed by atoms with Crippen LogP contribution < -0.4 is 0 Å². The van der Waals surface area contributed by atoms with E-state index in [2.05, 4.69) is 45.1 Å². The second kappa shape index (κ2) is 9.14. The van der Waals surface area contributed by atoms with E-state index in [1.165, 1.54) is 18.1 Å². The highest BCUT2D eigenvalue weighted by Gasteiger charge is 2.23. The van der Waals surface area contributed by atoms with Crippen LogP contribution in [0.5, 0.6) is 0 Å². The van der Waals surface area contributed by atoms with E-state index >= 15 is 0 Å². The zero-order valence-corrected chi connectivity index (χ0v) is 18.3. The second-order valence-corrected chi connectivity index (χ2v) is 8.51. The van der Waals surface area contributed by atoms with E-state index < -0.39 is 0 Å². The molecular weight excluding hydrogens is 408 g/mol. The number of aromatic nitrogens is 4. The Morgan fingerprint density at radius 1 is 1.10 bits per heavy atom. The van der Waals surface area contributed by atoms with Crippen LogP contribution in [0.15, 0.2) is 72.0 Å². The summed E-state index contributed by atoms with van der Waals surface area (Å²) < 4.78 is 5.64. The molecule has 156 valence electrons. The van der Waals surface area contributed by atoms with Crippen LogP contribution in [0, 0.1) is 13.8 Å². The minimum absolute atomic E-state index is 0.207. The quantitative estimate of drug-likeness (QED) is 0.191. The van der Waals surface area contributed by atoms with Gasteiger partial charge in [0, 0.05) is 5.57 Å². The number of carbonyl (C=O) groups excluding carboxylic acids is 1. The number of aryl methyl sites for hydroxylation is 2. The van der Waals surface area contributed by atoms with Crippen molar-refractivity contribution in [2.75, 3.05) is 0 Å². The molecule has 0 saturated carbocycles. The van der Waals surface area contributed by atoms with Crippen molar-refractivity contribution >= 4 is 35.0 Å². The monoisotopic (exact) mass is 430 g/mol. The van der Waals surface area contributed by atoms with Crippen LogP contribution in [0.1, 0.15) is 29.2 Å². The van der Waals surface area contributed by atoms with Crippen molar-refractivity contribution in [1.82, 2.24) is 19.9 Å². The van der Waals surface area contributed by atoms with Gasteiger partial charge in [0.2, 0.25) is 0 Å². The number of nitrogens with zero attached hydrogens (tertiary/aromatic N) is 3. The lowest BCUT2D eigenvalue weighted by atomic mass is 9.92. The fourth-order valence-corrected chi connectivity index (χ4v) is 4.54. The van der Waals surface area contributed by atoms with Gasteiger partial charge >= 0.3 is 0 Å². The smallest absolute Gasteiger partial charge is 0.298 e. The SMILES string of the molecule is Cc1cccc(/C(=C(/OC=O)C(C)Sc2ncnc3nc[nH]c23)c2ccccc2C)c1. The van der Waals surface area contributed by atoms with Crippen molar-refractivity contribution in [2.24, 2.45) is 0 Å². The number of hydrogen-bond donors (Lipinski definition) is 1. The molecule has 0 aliphatic carbocycles. The second-order valence-electron chi connectivity index (χ2n) is 7.18. The Morgan fingerprint density at radius 3 is 2.71 bits per heavy atom. The number of hydrogen-bond acceptors (Lipinski definition) is 6. The maximum atomic E-state index is 11.6. The number of rotatable bonds is 7. The number of benzene rings is 2. The molecule has 0 spiro atoms. The van der Waals surface area contributed by atoms with Crippen LogP contribution in [0.4, 0.5) is 0 Å². The predicted molar refractivity (Wildman–Crippen MR) is 123 cm³/mol. The fourth-order valence-electron chi connectivity index (χ4n) is 3.55. The molecule has 2 aromatic carbocycles. The van der Waals surface area contributed by atoms with Gasteiger partial charge in [-0.05, 0) is 37.5 Å². The largest absolute Gasteiger partial charge is 0.431 e. The fraction of sp³-hybridized carbons (Fsp3) is 0.167. The summed E-state index contributed by atoms with van der Waals surface area (Å²) in [7, 11) is 0. The third kappa shape index (κ3) is 4.36. The van der Waals surface area contributed by atoms with Crippen LogP contribution in [-0.4, -0.2) is 31.7 Å². The highest BCUT2D eigenvalue weighted by Crippen LogP contribution is 2.37. The van der Waals surface area contributed by atoms with Crippen molar-refractivity contribution in [3.63, 3.8) is 0 Å². The molecule has 0 bridgehead atoms. The number of aromatic amines is 1. The third-order valence-corrected chi connectivity index (χ3v) is 6.09. The number of H-pyrrole nitrogens is 1. The van der Waals surface area contributed by atoms with E-state index in [-0.39, 0.29) is 5.25 Å². The first-order valence-electron chi connectivity index (χ1n) is 9.86. The van der Waals surface area contributed by atoms with E-state index in [4.69, 9.17) is 4.74 Å². The standard InChI is InChI=1S/C24H22N4O2S/c1-15-7-6-9-18(11-15)20(19-10-5-4-8-16(19)2)22(30-14-29)17(3)31-24-21-23(26-12-25-21)27-13-28-24/h4-14,17H,1-3H3,(H,25,26,27,28)/b22-20-. The first-order chi connectivity index (χ1) is 15.1. The van der Waals surface area contributed by atoms with Gasteiger partial charge in [-0.15, -0.1) is 0 Å². The molecule has 1 unspecified atom stereocenters. The average molecular weight is 431 g/mol. The predicted octanol–water partition coefficient (Wildman–Crippen LogP) is 5.08. The summed E-state index contributed by atoms with van der Waals surface area (Å²) in [5, 5.41) is 0.539. The minimum Gasteiger partial charge on any atom is -0.431 e. The molecule has 1 atom stereocenters. The Morgan fingerprint density at radius 2 is 1.94 bits per heavy atom. The van der Waals surface area contributed by atoms with Crippen LogP contribution >= 0.6 is 11.8 Å². The number of imidazole rings is 1. The van der Waals surface area contributed by atoms with Crippen LogP contribution in [0.25, 0.3) is 16.7 Å². The molecule has 31 heavy (non-hydrogen) atoms. The average Bonchev–Trinajstić information content (AvgIpc) is 3.25. The summed E-state index contributed by atoms with van der Waals surface area (Å²) in [6.07, 6.45) is 3.09. The van der Waals surface area contributed by atoms with Crippen molar-refractivity contribution in [1.29, 1.82) is 0 Å². The molecule has 0 saturated heterocycles.